The number of alkyl halides is 3. The topological polar surface area (TPSA) is 85.3 Å². The fraction of sp³-hybridized carbons (Fsp3) is 0.333. The second-order valence-electron chi connectivity index (χ2n) is 5.45. The first kappa shape index (κ1) is 17.0. The van der Waals surface area contributed by atoms with E-state index >= 15 is 0 Å². The van der Waals surface area contributed by atoms with Gasteiger partial charge in [-0.15, -0.1) is 0 Å². The molecule has 0 fully saturated rings. The third-order valence-corrected chi connectivity index (χ3v) is 3.34. The molecule has 0 aliphatic rings. The van der Waals surface area contributed by atoms with Crippen molar-refractivity contribution in [1.29, 1.82) is 0 Å². The predicted molar refractivity (Wildman–Crippen MR) is 78.9 cm³/mol. The van der Waals surface area contributed by atoms with E-state index in [0.29, 0.717) is 6.07 Å². The highest BCUT2D eigenvalue weighted by molar-refractivity contribution is 5.96. The Balaban J connectivity index is 2.44. The van der Waals surface area contributed by atoms with Gasteiger partial charge in [-0.2, -0.15) is 13.2 Å². The largest absolute Gasteiger partial charge is 0.423 e. The molecule has 124 valence electrons. The molecule has 1 aromatic carbocycles. The minimum atomic E-state index is -4.68. The van der Waals surface area contributed by atoms with Gasteiger partial charge in [-0.1, -0.05) is 13.8 Å². The third-order valence-electron chi connectivity index (χ3n) is 3.34. The van der Waals surface area contributed by atoms with Gasteiger partial charge in [-0.25, -0.2) is 4.79 Å². The zero-order chi connectivity index (χ0) is 17.4. The Morgan fingerprint density at radius 1 is 1.26 bits per heavy atom. The molecule has 1 aromatic heterocycles. The summed E-state index contributed by atoms with van der Waals surface area (Å²) in [6.07, 6.45) is -4.68. The summed E-state index contributed by atoms with van der Waals surface area (Å²) in [5.41, 5.74) is 3.42. The standard InChI is InChI=1S/C15H15F3N2O3/c1-7(2)13(19)14(22)20-8-3-4-9-10(15(16,17)18)6-12(21)23-11(9)5-8/h3-7,13H,19H2,1-2H3,(H,20,22). The minimum Gasteiger partial charge on any atom is -0.423 e. The van der Waals surface area contributed by atoms with Gasteiger partial charge >= 0.3 is 11.8 Å². The zero-order valence-electron chi connectivity index (χ0n) is 12.4. The van der Waals surface area contributed by atoms with Crippen LogP contribution in [-0.2, 0) is 11.0 Å². The van der Waals surface area contributed by atoms with Crippen LogP contribution in [0.4, 0.5) is 18.9 Å². The van der Waals surface area contributed by atoms with Crippen molar-refractivity contribution in [1.82, 2.24) is 0 Å². The molecule has 1 atom stereocenters. The van der Waals surface area contributed by atoms with Crippen LogP contribution in [0.2, 0.25) is 0 Å². The lowest BCUT2D eigenvalue weighted by molar-refractivity contribution is -0.136. The van der Waals surface area contributed by atoms with Gasteiger partial charge in [0.15, 0.2) is 0 Å². The third kappa shape index (κ3) is 3.70. The quantitative estimate of drug-likeness (QED) is 0.848. The Morgan fingerprint density at radius 2 is 1.91 bits per heavy atom. The van der Waals surface area contributed by atoms with Crippen molar-refractivity contribution in [2.75, 3.05) is 5.32 Å². The van der Waals surface area contributed by atoms with E-state index in [9.17, 15) is 22.8 Å². The zero-order valence-corrected chi connectivity index (χ0v) is 12.4. The SMILES string of the molecule is CC(C)C(N)C(=O)Nc1ccc2c(C(F)(F)F)cc(=O)oc2c1. The molecule has 0 spiro atoms. The average molecular weight is 328 g/mol. The molecule has 0 bridgehead atoms. The van der Waals surface area contributed by atoms with E-state index in [1.54, 1.807) is 13.8 Å². The highest BCUT2D eigenvalue weighted by atomic mass is 19.4. The van der Waals surface area contributed by atoms with Crippen LogP contribution in [0.1, 0.15) is 19.4 Å². The molecule has 2 rings (SSSR count). The molecule has 5 nitrogen and oxygen atoms in total. The number of rotatable bonds is 3. The number of nitrogens with two attached hydrogens (primary N) is 1. The number of anilines is 1. The van der Waals surface area contributed by atoms with Crippen LogP contribution in [-0.4, -0.2) is 11.9 Å². The normalized spacial score (nSPS) is 13.3. The van der Waals surface area contributed by atoms with Crippen molar-refractivity contribution in [3.05, 3.63) is 40.2 Å². The van der Waals surface area contributed by atoms with E-state index < -0.39 is 29.3 Å². The van der Waals surface area contributed by atoms with E-state index in [0.717, 1.165) is 12.1 Å². The number of fused-ring (bicyclic) bond motifs is 1. The summed E-state index contributed by atoms with van der Waals surface area (Å²) in [4.78, 5) is 23.2. The molecule has 2 aromatic rings. The molecule has 1 heterocycles. The number of hydrogen-bond donors (Lipinski definition) is 2. The molecule has 0 aliphatic heterocycles. The van der Waals surface area contributed by atoms with Crippen LogP contribution < -0.4 is 16.7 Å². The second-order valence-corrected chi connectivity index (χ2v) is 5.45. The summed E-state index contributed by atoms with van der Waals surface area (Å²) in [6, 6.07) is 3.23. The Morgan fingerprint density at radius 3 is 2.48 bits per heavy atom. The highest BCUT2D eigenvalue weighted by Crippen LogP contribution is 2.34. The number of nitrogens with one attached hydrogen (secondary N) is 1. The fourth-order valence-corrected chi connectivity index (χ4v) is 2.00. The first-order valence-corrected chi connectivity index (χ1v) is 6.81. The average Bonchev–Trinajstić information content (AvgIpc) is 2.43. The predicted octanol–water partition coefficient (Wildman–Crippen LogP) is 2.73. The maximum absolute atomic E-state index is 12.9. The van der Waals surface area contributed by atoms with E-state index in [-0.39, 0.29) is 22.6 Å². The van der Waals surface area contributed by atoms with Gasteiger partial charge in [0.25, 0.3) is 0 Å². The molecule has 0 saturated heterocycles. The minimum absolute atomic E-state index is 0.106. The van der Waals surface area contributed by atoms with Gasteiger partial charge in [0.05, 0.1) is 11.6 Å². The summed E-state index contributed by atoms with van der Waals surface area (Å²) >= 11 is 0. The van der Waals surface area contributed by atoms with Gasteiger partial charge in [-0.05, 0) is 18.1 Å². The molecular weight excluding hydrogens is 313 g/mol. The van der Waals surface area contributed by atoms with Crippen molar-refractivity contribution in [3.63, 3.8) is 0 Å². The number of amides is 1. The van der Waals surface area contributed by atoms with Crippen LogP contribution in [0.5, 0.6) is 0 Å². The van der Waals surface area contributed by atoms with E-state index in [2.05, 4.69) is 5.32 Å². The second kappa shape index (κ2) is 6.04. The van der Waals surface area contributed by atoms with Crippen LogP contribution in [0.3, 0.4) is 0 Å². The molecule has 3 N–H and O–H groups in total. The van der Waals surface area contributed by atoms with Crippen molar-refractivity contribution in [3.8, 4) is 0 Å². The molecule has 0 saturated carbocycles. The number of carbonyl (C=O) groups excluding carboxylic acids is 1. The first-order valence-electron chi connectivity index (χ1n) is 6.81. The Hall–Kier alpha value is -2.35. The maximum Gasteiger partial charge on any atom is 0.417 e. The molecular formula is C15H15F3N2O3. The Labute approximate surface area is 129 Å². The lowest BCUT2D eigenvalue weighted by atomic mass is 10.0. The fourth-order valence-electron chi connectivity index (χ4n) is 2.00. The monoisotopic (exact) mass is 328 g/mol. The van der Waals surface area contributed by atoms with Gasteiger partial charge in [0.2, 0.25) is 5.91 Å². The van der Waals surface area contributed by atoms with Crippen LogP contribution >= 0.6 is 0 Å². The molecule has 23 heavy (non-hydrogen) atoms. The molecule has 1 unspecified atom stereocenters. The maximum atomic E-state index is 12.9. The van der Waals surface area contributed by atoms with Gasteiger partial charge in [0.1, 0.15) is 5.58 Å². The van der Waals surface area contributed by atoms with E-state index in [4.69, 9.17) is 10.2 Å². The van der Waals surface area contributed by atoms with Gasteiger partial charge in [-0.3, -0.25) is 4.79 Å². The van der Waals surface area contributed by atoms with E-state index in [1.807, 2.05) is 0 Å². The molecule has 0 aliphatic carbocycles. The lowest BCUT2D eigenvalue weighted by Crippen LogP contribution is -2.39. The lowest BCUT2D eigenvalue weighted by Gasteiger charge is -2.15. The van der Waals surface area contributed by atoms with Crippen LogP contribution in [0, 0.1) is 5.92 Å². The molecule has 8 heteroatoms. The van der Waals surface area contributed by atoms with Crippen molar-refractivity contribution < 1.29 is 22.4 Å². The Kier molecular flexibility index (Phi) is 4.46. The summed E-state index contributed by atoms with van der Waals surface area (Å²) in [6.45, 7) is 3.53. The highest BCUT2D eigenvalue weighted by Gasteiger charge is 2.33. The Bertz CT molecular complexity index is 797. The number of halogens is 3. The summed E-state index contributed by atoms with van der Waals surface area (Å²) in [5, 5.41) is 2.22. The summed E-state index contributed by atoms with van der Waals surface area (Å²) in [5.74, 6) is -0.584. The van der Waals surface area contributed by atoms with Gasteiger partial charge < -0.3 is 15.5 Å². The van der Waals surface area contributed by atoms with Gasteiger partial charge in [0, 0.05) is 23.2 Å². The summed E-state index contributed by atoms with van der Waals surface area (Å²) < 4.78 is 43.6. The van der Waals surface area contributed by atoms with Crippen LogP contribution in [0.25, 0.3) is 11.0 Å². The van der Waals surface area contributed by atoms with Crippen molar-refractivity contribution >= 4 is 22.6 Å². The van der Waals surface area contributed by atoms with Crippen molar-refractivity contribution in [2.24, 2.45) is 11.7 Å². The summed E-state index contributed by atoms with van der Waals surface area (Å²) in [7, 11) is 0. The van der Waals surface area contributed by atoms with Crippen molar-refractivity contribution in [2.45, 2.75) is 26.1 Å². The van der Waals surface area contributed by atoms with Crippen LogP contribution in [0.15, 0.2) is 33.5 Å². The van der Waals surface area contributed by atoms with E-state index in [1.165, 1.54) is 6.07 Å². The molecule has 0 radical (unpaired) electrons. The first-order chi connectivity index (χ1) is 10.6. The molecule has 1 amide bonds. The number of hydrogen-bond acceptors (Lipinski definition) is 4. The number of benzene rings is 1. The smallest absolute Gasteiger partial charge is 0.417 e. The number of carbonyl (C=O) groups is 1.